The van der Waals surface area contributed by atoms with Crippen LogP contribution in [0.5, 0.6) is 0 Å². The van der Waals surface area contributed by atoms with Gasteiger partial charge in [0.25, 0.3) is 15.9 Å². The van der Waals surface area contributed by atoms with E-state index in [9.17, 15) is 26.7 Å². The van der Waals surface area contributed by atoms with Crippen LogP contribution >= 0.6 is 11.3 Å². The predicted octanol–water partition coefficient (Wildman–Crippen LogP) is 3.00. The molecule has 1 aromatic heterocycles. The quantitative estimate of drug-likeness (QED) is 0.601. The summed E-state index contributed by atoms with van der Waals surface area (Å²) in [7, 11) is -7.45. The molecule has 2 atom stereocenters. The molecule has 2 unspecified atom stereocenters. The summed E-state index contributed by atoms with van der Waals surface area (Å²) in [5.41, 5.74) is 0.336. The van der Waals surface area contributed by atoms with E-state index in [0.29, 0.717) is 10.6 Å². The minimum absolute atomic E-state index is 0.0453. The van der Waals surface area contributed by atoms with Crippen molar-refractivity contribution in [1.82, 2.24) is 4.90 Å². The number of anilines is 1. The Bertz CT molecular complexity index is 1290. The van der Waals surface area contributed by atoms with Gasteiger partial charge in [0.15, 0.2) is 5.84 Å². The number of amidine groups is 1. The third-order valence-electron chi connectivity index (χ3n) is 7.36. The lowest BCUT2D eigenvalue weighted by atomic mass is 9.85. The largest absolute Gasteiger partial charge is 0.511 e. The molecule has 2 saturated carbocycles. The van der Waals surface area contributed by atoms with Gasteiger partial charge in [-0.25, -0.2) is 8.42 Å². The molecule has 2 N–H and O–H groups in total. The number of sulfonamides is 1. The number of rotatable bonds is 5. The second-order valence-corrected chi connectivity index (χ2v) is 14.4. The molecule has 0 radical (unpaired) electrons. The number of aliphatic hydroxyl groups is 1. The number of nitrogens with zero attached hydrogens (tertiary/aromatic N) is 2. The zero-order chi connectivity index (χ0) is 24.3. The molecule has 0 bridgehead atoms. The maximum atomic E-state index is 13.7. The molecule has 12 heteroatoms. The standard InChI is InChI=1S/C22H29N3O6S3/c1-33(28,29)11-10-13-12-32-21-19(13)34(30,31)24-20(23-21)17-18(26)15-8-5-9-16(15)25(22(17)27)14-6-3-2-4-7-14/h12,14-16,26H,2-11H2,1H3,(H,23,24). The van der Waals surface area contributed by atoms with Gasteiger partial charge in [-0.15, -0.1) is 15.7 Å². The molecule has 4 aliphatic rings. The van der Waals surface area contributed by atoms with Gasteiger partial charge in [0.1, 0.15) is 31.1 Å². The number of amides is 1. The number of fused-ring (bicyclic) bond motifs is 2. The Kier molecular flexibility index (Phi) is 6.04. The summed E-state index contributed by atoms with van der Waals surface area (Å²) in [6, 6.07) is 0.0377. The van der Waals surface area contributed by atoms with E-state index in [2.05, 4.69) is 9.71 Å². The van der Waals surface area contributed by atoms with E-state index in [1.165, 1.54) is 0 Å². The number of thiophene rings is 1. The van der Waals surface area contributed by atoms with E-state index in [1.807, 2.05) is 4.90 Å². The number of aryl methyl sites for hydroxylation is 1. The molecule has 9 nitrogen and oxygen atoms in total. The van der Waals surface area contributed by atoms with Crippen LogP contribution in [0.15, 0.2) is 26.0 Å². The number of nitrogens with one attached hydrogen (secondary N) is 1. The lowest BCUT2D eigenvalue weighted by Crippen LogP contribution is -2.55. The highest BCUT2D eigenvalue weighted by Gasteiger charge is 2.49. The Labute approximate surface area is 203 Å². The zero-order valence-electron chi connectivity index (χ0n) is 19.0. The van der Waals surface area contributed by atoms with Gasteiger partial charge in [-0.2, -0.15) is 8.42 Å². The van der Waals surface area contributed by atoms with E-state index in [1.54, 1.807) is 5.38 Å². The fourth-order valence-electron chi connectivity index (χ4n) is 5.81. The van der Waals surface area contributed by atoms with Crippen LogP contribution in [0.25, 0.3) is 0 Å². The summed E-state index contributed by atoms with van der Waals surface area (Å²) < 4.78 is 53.4. The van der Waals surface area contributed by atoms with Crippen LogP contribution in [0.3, 0.4) is 0 Å². The highest BCUT2D eigenvalue weighted by molar-refractivity contribution is 7.91. The molecular weight excluding hydrogens is 498 g/mol. The van der Waals surface area contributed by atoms with Crippen LogP contribution in [-0.4, -0.2) is 62.7 Å². The van der Waals surface area contributed by atoms with Crippen LogP contribution in [0.4, 0.5) is 5.00 Å². The molecule has 186 valence electrons. The van der Waals surface area contributed by atoms with Gasteiger partial charge < -0.3 is 15.3 Å². The van der Waals surface area contributed by atoms with Gasteiger partial charge in [0.2, 0.25) is 0 Å². The number of sulfone groups is 1. The maximum Gasteiger partial charge on any atom is 0.287 e. The van der Waals surface area contributed by atoms with Crippen molar-refractivity contribution >= 4 is 47.9 Å². The monoisotopic (exact) mass is 527 g/mol. The first kappa shape index (κ1) is 23.8. The molecule has 0 saturated heterocycles. The van der Waals surface area contributed by atoms with Crippen molar-refractivity contribution in [2.24, 2.45) is 10.3 Å². The van der Waals surface area contributed by atoms with Crippen molar-refractivity contribution in [3.63, 3.8) is 0 Å². The third kappa shape index (κ3) is 4.17. The van der Waals surface area contributed by atoms with Crippen LogP contribution in [-0.2, 0) is 31.1 Å². The first-order valence-corrected chi connectivity index (χ1v) is 16.1. The van der Waals surface area contributed by atoms with E-state index in [4.69, 9.17) is 0 Å². The fraction of sp³-hybridized carbons (Fsp3) is 0.636. The normalized spacial score (nSPS) is 27.3. The smallest absolute Gasteiger partial charge is 0.287 e. The number of carbonyl (C=O) groups excluding carboxylic acids is 1. The summed E-state index contributed by atoms with van der Waals surface area (Å²) in [4.78, 5) is 15.6. The number of aliphatic hydroxyl groups excluding tert-OH is 1. The molecule has 2 aliphatic heterocycles. The molecule has 2 aliphatic carbocycles. The first-order chi connectivity index (χ1) is 16.1. The Morgan fingerprint density at radius 1 is 1.18 bits per heavy atom. The van der Waals surface area contributed by atoms with Crippen LogP contribution in [0.1, 0.15) is 56.9 Å². The van der Waals surface area contributed by atoms with Crippen LogP contribution < -0.4 is 5.32 Å². The number of hydrogen-bond acceptors (Lipinski definition) is 8. The summed E-state index contributed by atoms with van der Waals surface area (Å²) in [6.07, 6.45) is 8.74. The fourth-order valence-corrected chi connectivity index (χ4v) is 9.07. The van der Waals surface area contributed by atoms with Crippen molar-refractivity contribution in [1.29, 1.82) is 0 Å². The lowest BCUT2D eigenvalue weighted by molar-refractivity contribution is -0.135. The topological polar surface area (TPSA) is 133 Å². The molecule has 1 amide bonds. The van der Waals surface area contributed by atoms with Gasteiger partial charge in [-0.05, 0) is 43.0 Å². The molecule has 2 fully saturated rings. The average Bonchev–Trinajstić information content (AvgIpc) is 3.40. The van der Waals surface area contributed by atoms with Gasteiger partial charge >= 0.3 is 0 Å². The maximum absolute atomic E-state index is 13.7. The van der Waals surface area contributed by atoms with Crippen molar-refractivity contribution in [2.75, 3.05) is 17.3 Å². The van der Waals surface area contributed by atoms with E-state index < -0.39 is 19.9 Å². The van der Waals surface area contributed by atoms with Gasteiger partial charge in [-0.1, -0.05) is 25.7 Å². The van der Waals surface area contributed by atoms with E-state index in [0.717, 1.165) is 69.0 Å². The molecule has 34 heavy (non-hydrogen) atoms. The Hall–Kier alpha value is -1.92. The molecule has 0 aromatic carbocycles. The number of carbonyl (C=O) groups is 1. The predicted molar refractivity (Wildman–Crippen MR) is 130 cm³/mol. The molecule has 3 heterocycles. The summed E-state index contributed by atoms with van der Waals surface area (Å²) >= 11 is 1.13. The van der Waals surface area contributed by atoms with E-state index in [-0.39, 0.29) is 58.1 Å². The average molecular weight is 528 g/mol. The Balaban J connectivity index is 1.52. The highest BCUT2D eigenvalue weighted by atomic mass is 32.2. The second-order valence-electron chi connectivity index (χ2n) is 9.71. The SMILES string of the molecule is CS(=O)(=O)CCc1csc2c1S(=O)(=O)N=C(C1=C(O)C3CCCC3N(C3CCCCC3)C1=O)N2. The molecule has 5 rings (SSSR count). The Morgan fingerprint density at radius 2 is 1.91 bits per heavy atom. The molecule has 0 spiro atoms. The third-order valence-corrected chi connectivity index (χ3v) is 10.8. The molecule has 1 aromatic rings. The van der Waals surface area contributed by atoms with Crippen molar-refractivity contribution in [3.8, 4) is 0 Å². The summed E-state index contributed by atoms with van der Waals surface area (Å²) in [6.45, 7) is 0. The summed E-state index contributed by atoms with van der Waals surface area (Å²) in [5, 5.41) is 16.0. The highest BCUT2D eigenvalue weighted by Crippen LogP contribution is 2.44. The molecular formula is C22H29N3O6S3. The zero-order valence-corrected chi connectivity index (χ0v) is 21.4. The van der Waals surface area contributed by atoms with Crippen molar-refractivity contribution in [2.45, 2.75) is 74.8 Å². The van der Waals surface area contributed by atoms with Crippen LogP contribution in [0, 0.1) is 5.92 Å². The minimum Gasteiger partial charge on any atom is -0.511 e. The van der Waals surface area contributed by atoms with Crippen LogP contribution in [0.2, 0.25) is 0 Å². The van der Waals surface area contributed by atoms with Gasteiger partial charge in [0.05, 0.1) is 5.75 Å². The minimum atomic E-state index is -4.18. The van der Waals surface area contributed by atoms with Crippen molar-refractivity contribution < 1.29 is 26.7 Å². The van der Waals surface area contributed by atoms with E-state index >= 15 is 0 Å². The van der Waals surface area contributed by atoms with Crippen molar-refractivity contribution in [3.05, 3.63) is 22.3 Å². The number of hydrogen-bond donors (Lipinski definition) is 2. The Morgan fingerprint density at radius 3 is 2.62 bits per heavy atom. The van der Waals surface area contributed by atoms with Gasteiger partial charge in [0, 0.05) is 24.3 Å². The van der Waals surface area contributed by atoms with Gasteiger partial charge in [-0.3, -0.25) is 4.79 Å². The first-order valence-electron chi connectivity index (χ1n) is 11.7. The lowest BCUT2D eigenvalue weighted by Gasteiger charge is -2.44. The second kappa shape index (κ2) is 8.63. The summed E-state index contributed by atoms with van der Waals surface area (Å²) in [5.74, 6) is -0.953.